The maximum absolute atomic E-state index is 3.95. The minimum absolute atomic E-state index is 0.633. The zero-order chi connectivity index (χ0) is 10.5. The summed E-state index contributed by atoms with van der Waals surface area (Å²) in [5, 5.41) is 10.5. The zero-order valence-electron chi connectivity index (χ0n) is 9.50. The molecule has 84 valence electrons. The molecule has 1 saturated carbocycles. The molecule has 1 fully saturated rings. The van der Waals surface area contributed by atoms with Crippen molar-refractivity contribution < 1.29 is 0 Å². The fourth-order valence-corrected chi connectivity index (χ4v) is 2.45. The van der Waals surface area contributed by atoms with Crippen molar-refractivity contribution in [2.75, 3.05) is 0 Å². The van der Waals surface area contributed by atoms with Gasteiger partial charge in [0.2, 0.25) is 0 Å². The lowest BCUT2D eigenvalue weighted by Crippen LogP contribution is -2.34. The fraction of sp³-hybridized carbons (Fsp3) is 0.750. The summed E-state index contributed by atoms with van der Waals surface area (Å²) in [5.74, 6) is 0.877. The van der Waals surface area contributed by atoms with Crippen LogP contribution in [0.3, 0.4) is 0 Å². The molecule has 0 spiro atoms. The van der Waals surface area contributed by atoms with Crippen molar-refractivity contribution in [1.82, 2.24) is 15.5 Å². The van der Waals surface area contributed by atoms with Gasteiger partial charge in [0, 0.05) is 24.5 Å². The number of rotatable bonds is 4. The number of H-pyrrole nitrogens is 1. The molecule has 1 heterocycles. The normalized spacial score (nSPS) is 20.3. The van der Waals surface area contributed by atoms with Gasteiger partial charge in [-0.15, -0.1) is 0 Å². The molecule has 0 saturated heterocycles. The molecule has 0 radical (unpaired) electrons. The van der Waals surface area contributed by atoms with Crippen LogP contribution in [0.25, 0.3) is 0 Å². The van der Waals surface area contributed by atoms with E-state index in [0.29, 0.717) is 6.04 Å². The van der Waals surface area contributed by atoms with Gasteiger partial charge in [-0.1, -0.05) is 19.3 Å². The third-order valence-electron chi connectivity index (χ3n) is 3.53. The number of hydrogen-bond acceptors (Lipinski definition) is 2. The minimum atomic E-state index is 0.633. The Balaban J connectivity index is 1.74. The first-order valence-corrected chi connectivity index (χ1v) is 6.08. The molecule has 1 aromatic rings. The predicted molar refractivity (Wildman–Crippen MR) is 61.5 cm³/mol. The Morgan fingerprint density at radius 1 is 1.47 bits per heavy atom. The molecule has 0 aromatic carbocycles. The molecule has 1 aliphatic carbocycles. The first kappa shape index (κ1) is 10.7. The zero-order valence-corrected chi connectivity index (χ0v) is 9.50. The van der Waals surface area contributed by atoms with Gasteiger partial charge in [-0.2, -0.15) is 5.10 Å². The van der Waals surface area contributed by atoms with E-state index in [1.165, 1.54) is 37.8 Å². The predicted octanol–water partition coefficient (Wildman–Crippen LogP) is 2.47. The van der Waals surface area contributed by atoms with Crippen LogP contribution in [0.15, 0.2) is 12.3 Å². The van der Waals surface area contributed by atoms with Crippen molar-refractivity contribution in [3.8, 4) is 0 Å². The quantitative estimate of drug-likeness (QED) is 0.796. The highest BCUT2D eigenvalue weighted by Crippen LogP contribution is 2.26. The van der Waals surface area contributed by atoms with E-state index in [1.807, 2.05) is 12.3 Å². The van der Waals surface area contributed by atoms with Gasteiger partial charge in [0.1, 0.15) is 0 Å². The van der Waals surface area contributed by atoms with Gasteiger partial charge in [0.25, 0.3) is 0 Å². The average molecular weight is 207 g/mol. The Morgan fingerprint density at radius 3 is 2.93 bits per heavy atom. The van der Waals surface area contributed by atoms with E-state index >= 15 is 0 Å². The maximum Gasteiger partial charge on any atom is 0.0490 e. The Kier molecular flexibility index (Phi) is 3.78. The molecule has 1 aromatic heterocycles. The van der Waals surface area contributed by atoms with E-state index in [0.717, 1.165) is 12.5 Å². The maximum atomic E-state index is 3.95. The molecule has 1 atom stereocenters. The molecular formula is C12H21N3. The summed E-state index contributed by atoms with van der Waals surface area (Å²) in [7, 11) is 0. The van der Waals surface area contributed by atoms with Crippen LogP contribution < -0.4 is 5.32 Å². The lowest BCUT2D eigenvalue weighted by Gasteiger charge is -2.28. The van der Waals surface area contributed by atoms with Crippen molar-refractivity contribution in [2.45, 2.75) is 51.6 Å². The van der Waals surface area contributed by atoms with Crippen LogP contribution in [-0.4, -0.2) is 16.2 Å². The van der Waals surface area contributed by atoms with Crippen molar-refractivity contribution in [3.05, 3.63) is 18.0 Å². The summed E-state index contributed by atoms with van der Waals surface area (Å²) in [6.45, 7) is 3.23. The van der Waals surface area contributed by atoms with Crippen molar-refractivity contribution in [2.24, 2.45) is 5.92 Å². The lowest BCUT2D eigenvalue weighted by molar-refractivity contribution is 0.280. The molecule has 0 aliphatic heterocycles. The topological polar surface area (TPSA) is 40.7 Å². The van der Waals surface area contributed by atoms with Gasteiger partial charge in [-0.05, 0) is 31.7 Å². The highest BCUT2D eigenvalue weighted by Gasteiger charge is 2.19. The molecule has 2 N–H and O–H groups in total. The molecule has 2 rings (SSSR count). The molecular weight excluding hydrogens is 186 g/mol. The number of aromatic amines is 1. The van der Waals surface area contributed by atoms with Gasteiger partial charge < -0.3 is 5.32 Å². The van der Waals surface area contributed by atoms with Crippen molar-refractivity contribution in [1.29, 1.82) is 0 Å². The number of nitrogens with zero attached hydrogens (tertiary/aromatic N) is 1. The van der Waals surface area contributed by atoms with Crippen LogP contribution in [0.4, 0.5) is 0 Å². The van der Waals surface area contributed by atoms with Gasteiger partial charge in [-0.25, -0.2) is 0 Å². The second-order valence-electron chi connectivity index (χ2n) is 4.65. The van der Waals surface area contributed by atoms with E-state index < -0.39 is 0 Å². The fourth-order valence-electron chi connectivity index (χ4n) is 2.45. The van der Waals surface area contributed by atoms with Gasteiger partial charge >= 0.3 is 0 Å². The third-order valence-corrected chi connectivity index (χ3v) is 3.53. The number of hydrogen-bond donors (Lipinski definition) is 2. The van der Waals surface area contributed by atoms with Crippen LogP contribution >= 0.6 is 0 Å². The summed E-state index contributed by atoms with van der Waals surface area (Å²) in [6, 6.07) is 2.66. The van der Waals surface area contributed by atoms with Crippen LogP contribution in [0.2, 0.25) is 0 Å². The van der Waals surface area contributed by atoms with Gasteiger partial charge in [0.05, 0.1) is 0 Å². The highest BCUT2D eigenvalue weighted by atomic mass is 15.1. The molecule has 3 nitrogen and oxygen atoms in total. The Labute approximate surface area is 91.7 Å². The average Bonchev–Trinajstić information content (AvgIpc) is 2.80. The summed E-state index contributed by atoms with van der Waals surface area (Å²) < 4.78 is 0. The second-order valence-corrected chi connectivity index (χ2v) is 4.65. The molecule has 3 heteroatoms. The van der Waals surface area contributed by atoms with Crippen LogP contribution in [0.5, 0.6) is 0 Å². The van der Waals surface area contributed by atoms with Crippen LogP contribution in [0, 0.1) is 5.92 Å². The lowest BCUT2D eigenvalue weighted by atomic mass is 9.84. The van der Waals surface area contributed by atoms with Gasteiger partial charge in [-0.3, -0.25) is 5.10 Å². The van der Waals surface area contributed by atoms with Gasteiger partial charge in [0.15, 0.2) is 0 Å². The van der Waals surface area contributed by atoms with E-state index in [4.69, 9.17) is 0 Å². The second kappa shape index (κ2) is 5.31. The Hall–Kier alpha value is -0.830. The Morgan fingerprint density at radius 2 is 2.27 bits per heavy atom. The van der Waals surface area contributed by atoms with E-state index in [1.54, 1.807) is 0 Å². The van der Waals surface area contributed by atoms with Crippen molar-refractivity contribution >= 4 is 0 Å². The monoisotopic (exact) mass is 207 g/mol. The minimum Gasteiger partial charge on any atom is -0.308 e. The smallest absolute Gasteiger partial charge is 0.0490 e. The van der Waals surface area contributed by atoms with E-state index in [-0.39, 0.29) is 0 Å². The third kappa shape index (κ3) is 3.06. The largest absolute Gasteiger partial charge is 0.308 e. The standard InChI is InChI=1S/C12H21N3/c1-10(11-5-3-2-4-6-11)13-9-12-7-8-14-15-12/h7-8,10-11,13H,2-6,9H2,1H3,(H,14,15)/t10-/m1/s1. The molecule has 0 unspecified atom stereocenters. The first-order chi connectivity index (χ1) is 7.36. The molecule has 0 amide bonds. The number of aromatic nitrogens is 2. The van der Waals surface area contributed by atoms with Crippen LogP contribution in [0.1, 0.15) is 44.7 Å². The summed E-state index contributed by atoms with van der Waals surface area (Å²) in [6.07, 6.45) is 8.88. The van der Waals surface area contributed by atoms with E-state index in [2.05, 4.69) is 22.4 Å². The molecule has 1 aliphatic rings. The molecule has 0 bridgehead atoms. The van der Waals surface area contributed by atoms with Crippen molar-refractivity contribution in [3.63, 3.8) is 0 Å². The highest BCUT2D eigenvalue weighted by molar-refractivity contribution is 4.97. The summed E-state index contributed by atoms with van der Waals surface area (Å²) in [4.78, 5) is 0. The van der Waals surface area contributed by atoms with Crippen LogP contribution in [-0.2, 0) is 6.54 Å². The SMILES string of the molecule is C[C@@H](NCc1ccn[nH]1)C1CCCCC1. The molecule has 15 heavy (non-hydrogen) atoms. The summed E-state index contributed by atoms with van der Waals surface area (Å²) in [5.41, 5.74) is 1.18. The summed E-state index contributed by atoms with van der Waals surface area (Å²) >= 11 is 0. The first-order valence-electron chi connectivity index (χ1n) is 6.08. The number of nitrogens with one attached hydrogen (secondary N) is 2. The Bertz CT molecular complexity index is 262. The van der Waals surface area contributed by atoms with E-state index in [9.17, 15) is 0 Å².